The van der Waals surface area contributed by atoms with Crippen molar-refractivity contribution in [3.63, 3.8) is 0 Å². The highest BCUT2D eigenvalue weighted by Crippen LogP contribution is 2.31. The van der Waals surface area contributed by atoms with Crippen LogP contribution in [-0.4, -0.2) is 4.98 Å². The van der Waals surface area contributed by atoms with E-state index in [2.05, 4.69) is 17.1 Å². The summed E-state index contributed by atoms with van der Waals surface area (Å²) < 4.78 is 5.81. The highest BCUT2D eigenvalue weighted by Gasteiger charge is 2.17. The molecule has 0 amide bonds. The molecule has 1 aliphatic carbocycles. The van der Waals surface area contributed by atoms with Crippen molar-refractivity contribution >= 4 is 11.3 Å². The van der Waals surface area contributed by atoms with E-state index in [1.54, 1.807) is 11.3 Å². The van der Waals surface area contributed by atoms with Crippen LogP contribution in [0.25, 0.3) is 0 Å². The zero-order chi connectivity index (χ0) is 13.2. The average molecular weight is 274 g/mol. The summed E-state index contributed by atoms with van der Waals surface area (Å²) in [7, 11) is 0. The largest absolute Gasteiger partial charge is 0.486 e. The maximum Gasteiger partial charge on any atom is 0.140 e. The van der Waals surface area contributed by atoms with E-state index < -0.39 is 0 Å². The van der Waals surface area contributed by atoms with E-state index in [9.17, 15) is 0 Å². The average Bonchev–Trinajstić information content (AvgIpc) is 2.83. The number of aromatic nitrogens is 1. The van der Waals surface area contributed by atoms with Gasteiger partial charge in [0.15, 0.2) is 0 Å². The summed E-state index contributed by atoms with van der Waals surface area (Å²) in [6.07, 6.45) is 3.39. The van der Waals surface area contributed by atoms with Gasteiger partial charge < -0.3 is 10.5 Å². The molecule has 0 bridgehead atoms. The summed E-state index contributed by atoms with van der Waals surface area (Å²) in [5, 5.41) is 3.06. The predicted octanol–water partition coefficient (Wildman–Crippen LogP) is 3.37. The molecule has 0 aliphatic heterocycles. The molecule has 0 radical (unpaired) electrons. The topological polar surface area (TPSA) is 48.1 Å². The second kappa shape index (κ2) is 5.31. The molecule has 1 heterocycles. The van der Waals surface area contributed by atoms with Crippen LogP contribution in [-0.2, 0) is 13.0 Å². The lowest BCUT2D eigenvalue weighted by atomic mass is 9.88. The van der Waals surface area contributed by atoms with Crippen molar-refractivity contribution in [3.05, 3.63) is 45.4 Å². The van der Waals surface area contributed by atoms with Crippen LogP contribution in [0.4, 0.5) is 0 Å². The second-order valence-corrected chi connectivity index (χ2v) is 5.97. The van der Waals surface area contributed by atoms with Gasteiger partial charge in [-0.1, -0.05) is 6.07 Å². The van der Waals surface area contributed by atoms with Crippen LogP contribution >= 0.6 is 11.3 Å². The van der Waals surface area contributed by atoms with E-state index in [4.69, 9.17) is 10.5 Å². The molecule has 0 spiro atoms. The Balaban J connectivity index is 1.73. The molecule has 3 nitrogen and oxygen atoms in total. The number of nitrogens with two attached hydrogens (primary N) is 1. The number of thiazole rings is 1. The molecule has 19 heavy (non-hydrogen) atoms. The van der Waals surface area contributed by atoms with Gasteiger partial charge in [0.1, 0.15) is 17.4 Å². The molecule has 2 N–H and O–H groups in total. The molecule has 2 aromatic rings. The summed E-state index contributed by atoms with van der Waals surface area (Å²) >= 11 is 1.64. The Morgan fingerprint density at radius 2 is 2.37 bits per heavy atom. The van der Waals surface area contributed by atoms with Gasteiger partial charge in [0.25, 0.3) is 0 Å². The number of rotatable bonds is 3. The van der Waals surface area contributed by atoms with Crippen LogP contribution in [0.15, 0.2) is 23.6 Å². The van der Waals surface area contributed by atoms with Gasteiger partial charge >= 0.3 is 0 Å². The lowest BCUT2D eigenvalue weighted by Gasteiger charge is -2.22. The summed E-state index contributed by atoms with van der Waals surface area (Å²) in [4.78, 5) is 4.40. The number of hydrogen-bond donors (Lipinski definition) is 1. The highest BCUT2D eigenvalue weighted by atomic mass is 32.1. The predicted molar refractivity (Wildman–Crippen MR) is 77.5 cm³/mol. The first kappa shape index (κ1) is 12.6. The quantitative estimate of drug-likeness (QED) is 0.933. The van der Waals surface area contributed by atoms with Gasteiger partial charge in [-0.25, -0.2) is 4.98 Å². The van der Waals surface area contributed by atoms with Crippen LogP contribution in [0.1, 0.15) is 40.7 Å². The lowest BCUT2D eigenvalue weighted by molar-refractivity contribution is 0.304. The molecule has 4 heteroatoms. The van der Waals surface area contributed by atoms with E-state index >= 15 is 0 Å². The van der Waals surface area contributed by atoms with Crippen molar-refractivity contribution in [1.29, 1.82) is 0 Å². The molecular formula is C15H18N2OS. The van der Waals surface area contributed by atoms with Crippen molar-refractivity contribution in [2.75, 3.05) is 0 Å². The number of ether oxygens (including phenoxy) is 1. The molecular weight excluding hydrogens is 256 g/mol. The number of aryl methyl sites for hydroxylation is 2. The Morgan fingerprint density at radius 3 is 3.16 bits per heavy atom. The van der Waals surface area contributed by atoms with Crippen molar-refractivity contribution in [3.8, 4) is 5.75 Å². The Hall–Kier alpha value is -1.39. The summed E-state index contributed by atoms with van der Waals surface area (Å²) in [6.45, 7) is 2.53. The van der Waals surface area contributed by atoms with E-state index in [-0.39, 0.29) is 6.04 Å². The third-order valence-electron chi connectivity index (χ3n) is 3.51. The molecule has 1 aromatic carbocycles. The first-order chi connectivity index (χ1) is 9.22. The number of hydrogen-bond acceptors (Lipinski definition) is 4. The molecule has 3 rings (SSSR count). The third-order valence-corrected chi connectivity index (χ3v) is 4.45. The minimum absolute atomic E-state index is 0.161. The Morgan fingerprint density at radius 1 is 1.47 bits per heavy atom. The van der Waals surface area contributed by atoms with Crippen molar-refractivity contribution < 1.29 is 4.74 Å². The lowest BCUT2D eigenvalue weighted by Crippen LogP contribution is -2.17. The van der Waals surface area contributed by atoms with E-state index in [0.717, 1.165) is 29.3 Å². The van der Waals surface area contributed by atoms with Crippen LogP contribution < -0.4 is 10.5 Å². The molecule has 100 valence electrons. The van der Waals surface area contributed by atoms with Gasteiger partial charge in [-0.3, -0.25) is 0 Å². The van der Waals surface area contributed by atoms with Crippen LogP contribution in [0.3, 0.4) is 0 Å². The normalized spacial score (nSPS) is 18.1. The standard InChI is InChI=1S/C15H18N2OS/c1-10-9-19-15(17-10)8-18-12-6-5-11-3-2-4-14(16)13(11)7-12/h5-7,9,14H,2-4,8,16H2,1H3. The zero-order valence-electron chi connectivity index (χ0n) is 11.1. The molecule has 0 fully saturated rings. The maximum atomic E-state index is 6.16. The van der Waals surface area contributed by atoms with E-state index in [0.29, 0.717) is 6.61 Å². The van der Waals surface area contributed by atoms with Gasteiger partial charge in [0.2, 0.25) is 0 Å². The van der Waals surface area contributed by atoms with Crippen molar-refractivity contribution in [2.24, 2.45) is 5.73 Å². The van der Waals surface area contributed by atoms with Gasteiger partial charge in [-0.2, -0.15) is 0 Å². The third kappa shape index (κ3) is 2.80. The van der Waals surface area contributed by atoms with E-state index in [1.165, 1.54) is 17.5 Å². The van der Waals surface area contributed by atoms with Gasteiger partial charge in [0, 0.05) is 17.1 Å². The fraction of sp³-hybridized carbons (Fsp3) is 0.400. The van der Waals surface area contributed by atoms with Gasteiger partial charge in [-0.15, -0.1) is 11.3 Å². The van der Waals surface area contributed by atoms with Crippen LogP contribution in [0, 0.1) is 6.92 Å². The SMILES string of the molecule is Cc1csc(COc2ccc3c(c2)C(N)CCC3)n1. The minimum atomic E-state index is 0.161. The molecule has 1 unspecified atom stereocenters. The monoisotopic (exact) mass is 274 g/mol. The minimum Gasteiger partial charge on any atom is -0.486 e. The first-order valence-electron chi connectivity index (χ1n) is 6.64. The molecule has 1 aliphatic rings. The Labute approximate surface area is 117 Å². The Kier molecular flexibility index (Phi) is 3.53. The smallest absolute Gasteiger partial charge is 0.140 e. The highest BCUT2D eigenvalue weighted by molar-refractivity contribution is 7.09. The van der Waals surface area contributed by atoms with Crippen LogP contribution in [0.5, 0.6) is 5.75 Å². The number of fused-ring (bicyclic) bond motifs is 1. The summed E-state index contributed by atoms with van der Waals surface area (Å²) in [6, 6.07) is 6.45. The van der Waals surface area contributed by atoms with Gasteiger partial charge in [-0.05, 0) is 49.4 Å². The molecule has 1 atom stereocenters. The number of nitrogens with zero attached hydrogens (tertiary/aromatic N) is 1. The van der Waals surface area contributed by atoms with Crippen molar-refractivity contribution in [1.82, 2.24) is 4.98 Å². The fourth-order valence-electron chi connectivity index (χ4n) is 2.52. The fourth-order valence-corrected chi connectivity index (χ4v) is 3.20. The summed E-state index contributed by atoms with van der Waals surface area (Å²) in [5.74, 6) is 0.893. The zero-order valence-corrected chi connectivity index (χ0v) is 11.9. The second-order valence-electron chi connectivity index (χ2n) is 5.03. The van der Waals surface area contributed by atoms with Gasteiger partial charge in [0.05, 0.1) is 0 Å². The maximum absolute atomic E-state index is 6.16. The van der Waals surface area contributed by atoms with Crippen molar-refractivity contribution in [2.45, 2.75) is 38.8 Å². The first-order valence-corrected chi connectivity index (χ1v) is 7.52. The molecule has 0 saturated carbocycles. The molecule has 0 saturated heterocycles. The van der Waals surface area contributed by atoms with E-state index in [1.807, 2.05) is 18.4 Å². The molecule has 1 aromatic heterocycles. The summed E-state index contributed by atoms with van der Waals surface area (Å²) in [5.41, 5.74) is 9.83. The van der Waals surface area contributed by atoms with Crippen LogP contribution in [0.2, 0.25) is 0 Å². The Bertz CT molecular complexity index is 579. The number of benzene rings is 1.